The average Bonchev–Trinajstić information content (AvgIpc) is 3.06. The summed E-state index contributed by atoms with van der Waals surface area (Å²) in [6, 6.07) is 13.2. The fourth-order valence-electron chi connectivity index (χ4n) is 3.21. The van der Waals surface area contributed by atoms with Crippen LogP contribution in [0.4, 0.5) is 0 Å². The summed E-state index contributed by atoms with van der Waals surface area (Å²) in [7, 11) is -3.61. The first-order valence-electron chi connectivity index (χ1n) is 9.11. The van der Waals surface area contributed by atoms with E-state index in [1.54, 1.807) is 42.5 Å². The molecule has 0 fully saturated rings. The first-order valence-corrected chi connectivity index (χ1v) is 10.6. The molecule has 0 saturated carbocycles. The van der Waals surface area contributed by atoms with E-state index < -0.39 is 21.9 Å². The van der Waals surface area contributed by atoms with Crippen molar-refractivity contribution in [3.05, 3.63) is 59.7 Å². The number of sulfonamides is 1. The van der Waals surface area contributed by atoms with Crippen molar-refractivity contribution in [2.24, 2.45) is 0 Å². The minimum absolute atomic E-state index is 0.0682. The minimum atomic E-state index is -3.61. The number of nitrogens with one attached hydrogen (secondary N) is 1. The number of benzene rings is 2. The highest BCUT2D eigenvalue weighted by Crippen LogP contribution is 2.28. The van der Waals surface area contributed by atoms with E-state index in [4.69, 9.17) is 9.94 Å². The molecule has 1 aliphatic carbocycles. The fraction of sp³-hybridized carbons (Fsp3) is 0.300. The number of rotatable bonds is 8. The molecule has 2 N–H and O–H groups in total. The molecule has 0 bridgehead atoms. The minimum Gasteiger partial charge on any atom is -0.481 e. The summed E-state index contributed by atoms with van der Waals surface area (Å²) in [6.07, 6.45) is 0.818. The first-order chi connectivity index (χ1) is 13.7. The number of carbonyl (C=O) groups is 2. The van der Waals surface area contributed by atoms with Crippen LogP contribution in [0.3, 0.4) is 0 Å². The number of carboxylic acid groups (broad SMARTS) is 1. The van der Waals surface area contributed by atoms with Gasteiger partial charge in [-0.1, -0.05) is 24.3 Å². The Kier molecular flexibility index (Phi) is 6.19. The third-order valence-electron chi connectivity index (χ3n) is 4.58. The molecule has 3 rings (SSSR count). The molecule has 0 spiro atoms. The van der Waals surface area contributed by atoms with Crippen LogP contribution >= 0.6 is 0 Å². The van der Waals surface area contributed by atoms with E-state index in [0.717, 1.165) is 16.2 Å². The van der Waals surface area contributed by atoms with E-state index in [1.165, 1.54) is 6.92 Å². The van der Waals surface area contributed by atoms with Crippen molar-refractivity contribution in [2.75, 3.05) is 6.54 Å². The van der Waals surface area contributed by atoms with Crippen molar-refractivity contribution < 1.29 is 28.0 Å². The summed E-state index contributed by atoms with van der Waals surface area (Å²) in [5, 5.41) is 9.79. The Morgan fingerprint density at radius 1 is 1.14 bits per heavy atom. The van der Waals surface area contributed by atoms with Gasteiger partial charge in [0.1, 0.15) is 0 Å². The van der Waals surface area contributed by atoms with E-state index in [9.17, 15) is 18.0 Å². The summed E-state index contributed by atoms with van der Waals surface area (Å²) in [6.45, 7) is 1.23. The van der Waals surface area contributed by atoms with Crippen molar-refractivity contribution in [1.82, 2.24) is 9.79 Å². The van der Waals surface area contributed by atoms with E-state index in [-0.39, 0.29) is 23.9 Å². The summed E-state index contributed by atoms with van der Waals surface area (Å²) in [5.74, 6) is -1.03. The molecule has 0 saturated heterocycles. The topological polar surface area (TPSA) is 113 Å². The van der Waals surface area contributed by atoms with Gasteiger partial charge < -0.3 is 9.94 Å². The number of amides is 1. The number of hydroxylamine groups is 2. The summed E-state index contributed by atoms with van der Waals surface area (Å²) < 4.78 is 27.8. The molecule has 8 nitrogen and oxygen atoms in total. The SMILES string of the molecule is CC(=O)N(CCC(=O)O)Oc1ccc2c(c1)CC(NS(=O)(=O)c1ccccc1)C2. The number of aliphatic carboxylic acids is 1. The highest BCUT2D eigenvalue weighted by molar-refractivity contribution is 7.89. The lowest BCUT2D eigenvalue weighted by molar-refractivity contribution is -0.157. The van der Waals surface area contributed by atoms with Gasteiger partial charge in [0.15, 0.2) is 5.75 Å². The Labute approximate surface area is 169 Å². The third kappa shape index (κ3) is 5.33. The highest BCUT2D eigenvalue weighted by Gasteiger charge is 2.27. The van der Waals surface area contributed by atoms with Crippen LogP contribution in [0.15, 0.2) is 53.4 Å². The fourth-order valence-corrected chi connectivity index (χ4v) is 4.47. The molecule has 29 heavy (non-hydrogen) atoms. The number of hydrogen-bond acceptors (Lipinski definition) is 5. The number of carboxylic acids is 1. The molecule has 1 unspecified atom stereocenters. The van der Waals surface area contributed by atoms with Crippen LogP contribution < -0.4 is 9.56 Å². The van der Waals surface area contributed by atoms with Gasteiger partial charge in [-0.3, -0.25) is 9.59 Å². The van der Waals surface area contributed by atoms with E-state index >= 15 is 0 Å². The second-order valence-electron chi connectivity index (χ2n) is 6.83. The molecule has 154 valence electrons. The van der Waals surface area contributed by atoms with Gasteiger partial charge in [0.05, 0.1) is 17.9 Å². The van der Waals surface area contributed by atoms with E-state index in [1.807, 2.05) is 6.07 Å². The number of hydrogen-bond donors (Lipinski definition) is 2. The van der Waals surface area contributed by atoms with Crippen LogP contribution in [0.25, 0.3) is 0 Å². The smallest absolute Gasteiger partial charge is 0.305 e. The molecule has 1 amide bonds. The number of carbonyl (C=O) groups excluding carboxylic acids is 1. The molecule has 0 aromatic heterocycles. The molecule has 0 heterocycles. The maximum absolute atomic E-state index is 12.5. The Morgan fingerprint density at radius 2 is 1.83 bits per heavy atom. The Balaban J connectivity index is 1.67. The lowest BCUT2D eigenvalue weighted by Crippen LogP contribution is -2.35. The Hall–Kier alpha value is -2.91. The average molecular weight is 418 g/mol. The monoisotopic (exact) mass is 418 g/mol. The van der Waals surface area contributed by atoms with Crippen LogP contribution in [0.1, 0.15) is 24.5 Å². The van der Waals surface area contributed by atoms with Crippen molar-refractivity contribution in [3.8, 4) is 5.75 Å². The van der Waals surface area contributed by atoms with Crippen LogP contribution in [0.2, 0.25) is 0 Å². The zero-order valence-electron chi connectivity index (χ0n) is 15.9. The number of fused-ring (bicyclic) bond motifs is 1. The zero-order valence-corrected chi connectivity index (χ0v) is 16.7. The molecule has 1 aliphatic rings. The normalized spacial score (nSPS) is 15.6. The standard InChI is InChI=1S/C20H22N2O6S/c1-14(23)22(10-9-20(24)25)28-18-8-7-15-11-17(12-16(15)13-18)21-29(26,27)19-5-3-2-4-6-19/h2-8,13,17,21H,9-12H2,1H3,(H,24,25). The van der Waals surface area contributed by atoms with Crippen LogP contribution in [-0.4, -0.2) is 43.1 Å². The Bertz CT molecular complexity index is 1010. The van der Waals surface area contributed by atoms with Gasteiger partial charge in [-0.2, -0.15) is 5.06 Å². The molecule has 2 aromatic rings. The Morgan fingerprint density at radius 3 is 2.48 bits per heavy atom. The molecule has 2 aromatic carbocycles. The summed E-state index contributed by atoms with van der Waals surface area (Å²) >= 11 is 0. The maximum atomic E-state index is 12.5. The quantitative estimate of drug-likeness (QED) is 0.632. The van der Waals surface area contributed by atoms with Gasteiger partial charge >= 0.3 is 5.97 Å². The number of nitrogens with zero attached hydrogens (tertiary/aromatic N) is 1. The summed E-state index contributed by atoms with van der Waals surface area (Å²) in [5.41, 5.74) is 1.92. The van der Waals surface area contributed by atoms with E-state index in [0.29, 0.717) is 18.6 Å². The van der Waals surface area contributed by atoms with Crippen LogP contribution in [0, 0.1) is 0 Å². The lowest BCUT2D eigenvalue weighted by atomic mass is 10.1. The molecular formula is C20H22N2O6S. The second kappa shape index (κ2) is 8.62. The van der Waals surface area contributed by atoms with Gasteiger partial charge in [-0.05, 0) is 48.2 Å². The van der Waals surface area contributed by atoms with Crippen molar-refractivity contribution in [3.63, 3.8) is 0 Å². The zero-order chi connectivity index (χ0) is 21.0. The second-order valence-corrected chi connectivity index (χ2v) is 8.54. The van der Waals surface area contributed by atoms with Crippen LogP contribution in [-0.2, 0) is 32.5 Å². The molecule has 0 aliphatic heterocycles. The van der Waals surface area contributed by atoms with Gasteiger partial charge in [0.25, 0.3) is 5.91 Å². The first kappa shape index (κ1) is 20.8. The van der Waals surface area contributed by atoms with Crippen molar-refractivity contribution in [1.29, 1.82) is 0 Å². The summed E-state index contributed by atoms with van der Waals surface area (Å²) in [4.78, 5) is 28.2. The van der Waals surface area contributed by atoms with Gasteiger partial charge in [-0.25, -0.2) is 13.1 Å². The van der Waals surface area contributed by atoms with Gasteiger partial charge in [0, 0.05) is 13.0 Å². The van der Waals surface area contributed by atoms with Crippen LogP contribution in [0.5, 0.6) is 5.75 Å². The molecule has 0 radical (unpaired) electrons. The van der Waals surface area contributed by atoms with Crippen molar-refractivity contribution >= 4 is 21.9 Å². The predicted octanol–water partition coefficient (Wildman–Crippen LogP) is 1.75. The predicted molar refractivity (Wildman–Crippen MR) is 105 cm³/mol. The highest BCUT2D eigenvalue weighted by atomic mass is 32.2. The van der Waals surface area contributed by atoms with Crippen molar-refractivity contribution in [2.45, 2.75) is 37.1 Å². The van der Waals surface area contributed by atoms with Gasteiger partial charge in [0.2, 0.25) is 10.0 Å². The molecule has 1 atom stereocenters. The maximum Gasteiger partial charge on any atom is 0.305 e. The molecule has 9 heteroatoms. The third-order valence-corrected chi connectivity index (χ3v) is 6.12. The van der Waals surface area contributed by atoms with Gasteiger partial charge in [-0.15, -0.1) is 0 Å². The lowest BCUT2D eigenvalue weighted by Gasteiger charge is -2.20. The van der Waals surface area contributed by atoms with E-state index in [2.05, 4.69) is 4.72 Å². The largest absolute Gasteiger partial charge is 0.481 e. The molecular weight excluding hydrogens is 396 g/mol.